The Labute approximate surface area is 125 Å². The highest BCUT2D eigenvalue weighted by Gasteiger charge is 2.24. The van der Waals surface area contributed by atoms with Crippen molar-refractivity contribution in [1.29, 1.82) is 0 Å². The molecule has 114 valence electrons. The van der Waals surface area contributed by atoms with Crippen molar-refractivity contribution in [2.24, 2.45) is 0 Å². The predicted octanol–water partition coefficient (Wildman–Crippen LogP) is 2.13. The number of fused-ring (bicyclic) bond motifs is 1. The van der Waals surface area contributed by atoms with Crippen LogP contribution >= 0.6 is 0 Å². The number of carbonyl (C=O) groups excluding carboxylic acids is 1. The fourth-order valence-corrected chi connectivity index (χ4v) is 1.87. The summed E-state index contributed by atoms with van der Waals surface area (Å²) in [5.41, 5.74) is 0.252. The standard InChI is InChI=1S/C13H16BNO4.C2H6/c1-13(2,3)19-12(16)15-8-10(14(17)18)9-6-4-5-7-11(9)15;1-2/h4-8,17-18H,1-3H3;1-2H3. The van der Waals surface area contributed by atoms with E-state index in [0.717, 1.165) is 0 Å². The zero-order valence-corrected chi connectivity index (χ0v) is 13.1. The van der Waals surface area contributed by atoms with E-state index in [1.807, 2.05) is 13.8 Å². The molecule has 0 aliphatic heterocycles. The van der Waals surface area contributed by atoms with Gasteiger partial charge in [0.2, 0.25) is 0 Å². The summed E-state index contributed by atoms with van der Waals surface area (Å²) in [6, 6.07) is 7.00. The molecule has 0 aliphatic carbocycles. The maximum atomic E-state index is 12.1. The van der Waals surface area contributed by atoms with Crippen LogP contribution in [0.15, 0.2) is 30.5 Å². The summed E-state index contributed by atoms with van der Waals surface area (Å²) < 4.78 is 6.57. The molecule has 0 amide bonds. The molecular weight excluding hydrogens is 269 g/mol. The Morgan fingerprint density at radius 3 is 2.29 bits per heavy atom. The van der Waals surface area contributed by atoms with Crippen LogP contribution in [-0.2, 0) is 4.74 Å². The molecule has 2 rings (SSSR count). The van der Waals surface area contributed by atoms with Crippen LogP contribution in [0.2, 0.25) is 0 Å². The normalized spacial score (nSPS) is 10.8. The molecule has 21 heavy (non-hydrogen) atoms. The lowest BCUT2D eigenvalue weighted by molar-refractivity contribution is 0.0544. The maximum absolute atomic E-state index is 12.1. The van der Waals surface area contributed by atoms with Gasteiger partial charge < -0.3 is 14.8 Å². The summed E-state index contributed by atoms with van der Waals surface area (Å²) in [4.78, 5) is 12.1. The van der Waals surface area contributed by atoms with Gasteiger partial charge in [-0.3, -0.25) is 4.57 Å². The number of rotatable bonds is 1. The van der Waals surface area contributed by atoms with Gasteiger partial charge in [0.05, 0.1) is 5.52 Å². The summed E-state index contributed by atoms with van der Waals surface area (Å²) in [5.74, 6) is 0. The Morgan fingerprint density at radius 2 is 1.76 bits per heavy atom. The lowest BCUT2D eigenvalue weighted by Crippen LogP contribution is -2.30. The molecule has 0 spiro atoms. The van der Waals surface area contributed by atoms with Gasteiger partial charge >= 0.3 is 13.2 Å². The monoisotopic (exact) mass is 291 g/mol. The number of ether oxygens (including phenoxy) is 1. The van der Waals surface area contributed by atoms with E-state index >= 15 is 0 Å². The molecule has 0 saturated carbocycles. The third-order valence-electron chi connectivity index (χ3n) is 2.61. The minimum absolute atomic E-state index is 0.279. The van der Waals surface area contributed by atoms with Crippen molar-refractivity contribution in [3.63, 3.8) is 0 Å². The van der Waals surface area contributed by atoms with Gasteiger partial charge in [0, 0.05) is 11.7 Å². The molecule has 2 N–H and O–H groups in total. The molecule has 0 aliphatic rings. The first-order valence-corrected chi connectivity index (χ1v) is 6.99. The smallest absolute Gasteiger partial charge is 0.443 e. The maximum Gasteiger partial charge on any atom is 0.490 e. The number of nitrogens with zero attached hydrogens (tertiary/aromatic N) is 1. The van der Waals surface area contributed by atoms with Gasteiger partial charge in [-0.1, -0.05) is 32.0 Å². The van der Waals surface area contributed by atoms with E-state index in [9.17, 15) is 14.8 Å². The van der Waals surface area contributed by atoms with Gasteiger partial charge in [0.25, 0.3) is 0 Å². The van der Waals surface area contributed by atoms with Crippen LogP contribution in [0.25, 0.3) is 10.9 Å². The van der Waals surface area contributed by atoms with Crippen molar-refractivity contribution in [2.75, 3.05) is 0 Å². The molecule has 0 saturated heterocycles. The van der Waals surface area contributed by atoms with Gasteiger partial charge in [-0.25, -0.2) is 4.79 Å². The van der Waals surface area contributed by atoms with Crippen LogP contribution < -0.4 is 5.46 Å². The summed E-state index contributed by atoms with van der Waals surface area (Å²) in [6.45, 7) is 9.33. The largest absolute Gasteiger partial charge is 0.490 e. The summed E-state index contributed by atoms with van der Waals surface area (Å²) in [5, 5.41) is 19.3. The zero-order valence-electron chi connectivity index (χ0n) is 13.1. The molecule has 0 unspecified atom stereocenters. The molecule has 0 fully saturated rings. The third kappa shape index (κ3) is 4.09. The number of para-hydroxylation sites is 1. The highest BCUT2D eigenvalue weighted by atomic mass is 16.6. The van der Waals surface area contributed by atoms with Crippen LogP contribution in [0.3, 0.4) is 0 Å². The quantitative estimate of drug-likeness (QED) is 0.790. The van der Waals surface area contributed by atoms with E-state index in [0.29, 0.717) is 10.9 Å². The van der Waals surface area contributed by atoms with Crippen LogP contribution in [-0.4, -0.2) is 33.4 Å². The van der Waals surface area contributed by atoms with Crippen LogP contribution in [0, 0.1) is 0 Å². The number of hydrogen-bond acceptors (Lipinski definition) is 4. The number of hydrogen-bond donors (Lipinski definition) is 2. The third-order valence-corrected chi connectivity index (χ3v) is 2.61. The second-order valence-electron chi connectivity index (χ2n) is 5.33. The molecular formula is C15H22BNO4. The summed E-state index contributed by atoms with van der Waals surface area (Å²) >= 11 is 0. The molecule has 0 atom stereocenters. The average Bonchev–Trinajstić information content (AvgIpc) is 2.79. The van der Waals surface area contributed by atoms with Gasteiger partial charge in [-0.2, -0.15) is 0 Å². The molecule has 2 aromatic rings. The van der Waals surface area contributed by atoms with E-state index < -0.39 is 18.8 Å². The Morgan fingerprint density at radius 1 is 1.19 bits per heavy atom. The molecule has 0 radical (unpaired) electrons. The van der Waals surface area contributed by atoms with Crippen molar-refractivity contribution in [3.05, 3.63) is 30.5 Å². The van der Waals surface area contributed by atoms with E-state index in [2.05, 4.69) is 0 Å². The van der Waals surface area contributed by atoms with Gasteiger partial charge in [0.15, 0.2) is 0 Å². The van der Waals surface area contributed by atoms with Gasteiger partial charge in [0.1, 0.15) is 5.60 Å². The average molecular weight is 291 g/mol. The summed E-state index contributed by atoms with van der Waals surface area (Å²) in [7, 11) is -1.63. The first-order valence-electron chi connectivity index (χ1n) is 6.99. The lowest BCUT2D eigenvalue weighted by Gasteiger charge is -2.19. The fourth-order valence-electron chi connectivity index (χ4n) is 1.87. The molecule has 5 nitrogen and oxygen atoms in total. The molecule has 1 aromatic heterocycles. The van der Waals surface area contributed by atoms with Crippen LogP contribution in [0.4, 0.5) is 4.79 Å². The van der Waals surface area contributed by atoms with Gasteiger partial charge in [-0.05, 0) is 32.2 Å². The van der Waals surface area contributed by atoms with Crippen molar-refractivity contribution < 1.29 is 19.6 Å². The first-order chi connectivity index (χ1) is 9.79. The molecule has 0 bridgehead atoms. The molecule has 6 heteroatoms. The van der Waals surface area contributed by atoms with E-state index in [1.165, 1.54) is 10.8 Å². The molecule has 1 aromatic carbocycles. The first kappa shape index (κ1) is 17.3. The summed E-state index contributed by atoms with van der Waals surface area (Å²) in [6.07, 6.45) is 0.847. The van der Waals surface area contributed by atoms with Crippen LogP contribution in [0.5, 0.6) is 0 Å². The van der Waals surface area contributed by atoms with Gasteiger partial charge in [-0.15, -0.1) is 0 Å². The Hall–Kier alpha value is -1.79. The van der Waals surface area contributed by atoms with Crippen LogP contribution in [0.1, 0.15) is 34.6 Å². The predicted molar refractivity (Wildman–Crippen MR) is 84.7 cm³/mol. The van der Waals surface area contributed by atoms with E-state index in [1.54, 1.807) is 45.0 Å². The minimum Gasteiger partial charge on any atom is -0.443 e. The minimum atomic E-state index is -1.63. The van der Waals surface area contributed by atoms with Crippen molar-refractivity contribution in [1.82, 2.24) is 4.57 Å². The topological polar surface area (TPSA) is 71.7 Å². The Kier molecular flexibility index (Phi) is 5.58. The van der Waals surface area contributed by atoms with E-state index in [-0.39, 0.29) is 5.46 Å². The van der Waals surface area contributed by atoms with Crippen molar-refractivity contribution in [2.45, 2.75) is 40.2 Å². The Bertz CT molecular complexity index is 614. The SMILES string of the molecule is CC.CC(C)(C)OC(=O)n1cc(B(O)O)c2ccccc21. The second-order valence-corrected chi connectivity index (χ2v) is 5.33. The highest BCUT2D eigenvalue weighted by Crippen LogP contribution is 2.16. The zero-order chi connectivity index (χ0) is 16.2. The number of benzene rings is 1. The lowest BCUT2D eigenvalue weighted by atomic mass is 9.80. The second kappa shape index (κ2) is 6.78. The number of aromatic nitrogens is 1. The number of carbonyl (C=O) groups is 1. The van der Waals surface area contributed by atoms with E-state index in [4.69, 9.17) is 4.74 Å². The van der Waals surface area contributed by atoms with Crippen molar-refractivity contribution >= 4 is 29.6 Å². The highest BCUT2D eigenvalue weighted by molar-refractivity contribution is 6.62. The fraction of sp³-hybridized carbons (Fsp3) is 0.400. The molecule has 1 heterocycles. The van der Waals surface area contributed by atoms with Crippen molar-refractivity contribution in [3.8, 4) is 0 Å². The Balaban J connectivity index is 0.00000106.